The summed E-state index contributed by atoms with van der Waals surface area (Å²) in [6, 6.07) is 14.4. The summed E-state index contributed by atoms with van der Waals surface area (Å²) < 4.78 is 30.4. The Morgan fingerprint density at radius 1 is 1.17 bits per heavy atom. The molecule has 0 N–H and O–H groups in total. The Hall–Kier alpha value is -1.92. The minimum absolute atomic E-state index is 0.0603. The number of ether oxygens (including phenoxy) is 1. The molecule has 0 aromatic heterocycles. The van der Waals surface area contributed by atoms with Crippen LogP contribution in [0.5, 0.6) is 0 Å². The number of rotatable bonds is 6. The van der Waals surface area contributed by atoms with Crippen LogP contribution in [0.25, 0.3) is 0 Å². The molecule has 24 heavy (non-hydrogen) atoms. The standard InChI is InChI=1S/C18H17BrO4S/c1-3-13-23-17(20)18(2,14-9-11-15(19)12-10-14)24(21,22)16-7-5-4-6-8-16/h3-12H,1,13H2,2H3/t18-/m1/s1. The summed E-state index contributed by atoms with van der Waals surface area (Å²) in [6.07, 6.45) is 1.40. The molecule has 0 fully saturated rings. The molecule has 0 saturated carbocycles. The van der Waals surface area contributed by atoms with Crippen LogP contribution in [0.1, 0.15) is 12.5 Å². The van der Waals surface area contributed by atoms with E-state index in [2.05, 4.69) is 22.5 Å². The quantitative estimate of drug-likeness (QED) is 0.537. The highest BCUT2D eigenvalue weighted by molar-refractivity contribution is 9.10. The van der Waals surface area contributed by atoms with Gasteiger partial charge in [0.05, 0.1) is 4.90 Å². The molecule has 4 nitrogen and oxygen atoms in total. The molecule has 1 atom stereocenters. The van der Waals surface area contributed by atoms with Gasteiger partial charge in [-0.1, -0.05) is 58.9 Å². The van der Waals surface area contributed by atoms with Crippen molar-refractivity contribution in [3.05, 3.63) is 77.3 Å². The van der Waals surface area contributed by atoms with Crippen molar-refractivity contribution >= 4 is 31.7 Å². The Morgan fingerprint density at radius 2 is 1.75 bits per heavy atom. The van der Waals surface area contributed by atoms with Crippen molar-refractivity contribution in [2.75, 3.05) is 6.61 Å². The fourth-order valence-corrected chi connectivity index (χ4v) is 4.23. The molecule has 0 spiro atoms. The van der Waals surface area contributed by atoms with E-state index in [1.54, 1.807) is 42.5 Å². The van der Waals surface area contributed by atoms with E-state index >= 15 is 0 Å². The third-order valence-corrected chi connectivity index (χ3v) is 6.61. The largest absolute Gasteiger partial charge is 0.460 e. The van der Waals surface area contributed by atoms with Gasteiger partial charge in [0.25, 0.3) is 0 Å². The maximum atomic E-state index is 13.2. The van der Waals surface area contributed by atoms with E-state index < -0.39 is 20.6 Å². The highest BCUT2D eigenvalue weighted by Crippen LogP contribution is 2.37. The molecule has 0 radical (unpaired) electrons. The minimum Gasteiger partial charge on any atom is -0.460 e. The van der Waals surface area contributed by atoms with Crippen LogP contribution in [-0.4, -0.2) is 21.0 Å². The van der Waals surface area contributed by atoms with Crippen LogP contribution in [0, 0.1) is 0 Å². The summed E-state index contributed by atoms with van der Waals surface area (Å²) in [6.45, 7) is 4.79. The monoisotopic (exact) mass is 408 g/mol. The zero-order valence-electron chi connectivity index (χ0n) is 13.1. The van der Waals surface area contributed by atoms with Crippen molar-refractivity contribution in [2.24, 2.45) is 0 Å². The summed E-state index contributed by atoms with van der Waals surface area (Å²) in [4.78, 5) is 12.7. The number of carbonyl (C=O) groups excluding carboxylic acids is 1. The van der Waals surface area contributed by atoms with Crippen molar-refractivity contribution in [2.45, 2.75) is 16.6 Å². The second-order valence-corrected chi connectivity index (χ2v) is 8.45. The van der Waals surface area contributed by atoms with Gasteiger partial charge >= 0.3 is 5.97 Å². The number of carbonyl (C=O) groups is 1. The van der Waals surface area contributed by atoms with Gasteiger partial charge in [-0.15, -0.1) is 0 Å². The molecule has 0 unspecified atom stereocenters. The molecule has 0 aliphatic carbocycles. The average Bonchev–Trinajstić information content (AvgIpc) is 2.60. The predicted molar refractivity (Wildman–Crippen MR) is 96.3 cm³/mol. The van der Waals surface area contributed by atoms with Crippen molar-refractivity contribution in [1.29, 1.82) is 0 Å². The van der Waals surface area contributed by atoms with Crippen LogP contribution in [0.4, 0.5) is 0 Å². The fraction of sp³-hybridized carbons (Fsp3) is 0.167. The molecule has 2 aromatic rings. The second kappa shape index (κ2) is 7.32. The van der Waals surface area contributed by atoms with Crippen molar-refractivity contribution in [1.82, 2.24) is 0 Å². The van der Waals surface area contributed by atoms with Gasteiger partial charge < -0.3 is 4.74 Å². The van der Waals surface area contributed by atoms with Crippen LogP contribution in [0.2, 0.25) is 0 Å². The van der Waals surface area contributed by atoms with Crippen molar-refractivity contribution in [3.63, 3.8) is 0 Å². The SMILES string of the molecule is C=CCOC(=O)[C@@](C)(c1ccc(Br)cc1)S(=O)(=O)c1ccccc1. The number of halogens is 1. The lowest BCUT2D eigenvalue weighted by Crippen LogP contribution is -2.42. The van der Waals surface area contributed by atoms with E-state index in [9.17, 15) is 13.2 Å². The number of esters is 1. The van der Waals surface area contributed by atoms with Gasteiger partial charge in [0, 0.05) is 4.47 Å². The first-order chi connectivity index (χ1) is 11.3. The van der Waals surface area contributed by atoms with E-state index in [-0.39, 0.29) is 11.5 Å². The third-order valence-electron chi connectivity index (χ3n) is 3.71. The first-order valence-corrected chi connectivity index (χ1v) is 9.45. The Morgan fingerprint density at radius 3 is 2.29 bits per heavy atom. The lowest BCUT2D eigenvalue weighted by molar-refractivity contribution is -0.145. The predicted octanol–water partition coefficient (Wildman–Crippen LogP) is 3.87. The van der Waals surface area contributed by atoms with Gasteiger partial charge in [-0.05, 0) is 36.8 Å². The van der Waals surface area contributed by atoms with Crippen molar-refractivity contribution < 1.29 is 17.9 Å². The molecule has 0 aliphatic heterocycles. The third kappa shape index (κ3) is 3.30. The highest BCUT2D eigenvalue weighted by Gasteiger charge is 2.50. The Bertz CT molecular complexity index is 829. The molecule has 2 rings (SSSR count). The molecule has 0 bridgehead atoms. The van der Waals surface area contributed by atoms with Crippen LogP contribution in [0.15, 0.2) is 76.6 Å². The Labute approximate surface area is 150 Å². The van der Waals surface area contributed by atoms with Crippen molar-refractivity contribution in [3.8, 4) is 0 Å². The van der Waals surface area contributed by atoms with Gasteiger partial charge in [-0.2, -0.15) is 0 Å². The van der Waals surface area contributed by atoms with Gasteiger partial charge in [0.15, 0.2) is 14.6 Å². The maximum Gasteiger partial charge on any atom is 0.332 e. The number of hydrogen-bond donors (Lipinski definition) is 0. The summed E-state index contributed by atoms with van der Waals surface area (Å²) in [5.41, 5.74) is 0.337. The normalized spacial score (nSPS) is 13.8. The smallest absolute Gasteiger partial charge is 0.332 e. The molecule has 0 saturated heterocycles. The van der Waals surface area contributed by atoms with Gasteiger partial charge in [-0.3, -0.25) is 0 Å². The summed E-state index contributed by atoms with van der Waals surface area (Å²) in [5.74, 6) is -0.839. The lowest BCUT2D eigenvalue weighted by Gasteiger charge is -2.27. The van der Waals surface area contributed by atoms with Crippen LogP contribution < -0.4 is 0 Å². The fourth-order valence-electron chi connectivity index (χ4n) is 2.26. The molecule has 126 valence electrons. The molecule has 0 aliphatic rings. The van der Waals surface area contributed by atoms with Gasteiger partial charge in [0.1, 0.15) is 6.61 Å². The first-order valence-electron chi connectivity index (χ1n) is 7.18. The van der Waals surface area contributed by atoms with Crippen LogP contribution in [-0.2, 0) is 24.1 Å². The van der Waals surface area contributed by atoms with Gasteiger partial charge in [0.2, 0.25) is 0 Å². The molecule has 2 aromatic carbocycles. The Kier molecular flexibility index (Phi) is 5.62. The van der Waals surface area contributed by atoms with E-state index in [0.29, 0.717) is 5.56 Å². The number of benzene rings is 2. The van der Waals surface area contributed by atoms with Crippen LogP contribution >= 0.6 is 15.9 Å². The Balaban J connectivity index is 2.65. The summed E-state index contributed by atoms with van der Waals surface area (Å²) in [5, 5.41) is 0. The number of hydrogen-bond acceptors (Lipinski definition) is 4. The summed E-state index contributed by atoms with van der Waals surface area (Å²) in [7, 11) is -4.02. The first kappa shape index (κ1) is 18.4. The molecular formula is C18H17BrO4S. The van der Waals surface area contributed by atoms with E-state index in [4.69, 9.17) is 4.74 Å². The van der Waals surface area contributed by atoms with Gasteiger partial charge in [-0.25, -0.2) is 13.2 Å². The molecule has 0 amide bonds. The summed E-state index contributed by atoms with van der Waals surface area (Å²) >= 11 is 3.31. The van der Waals surface area contributed by atoms with E-state index in [1.807, 2.05) is 0 Å². The zero-order chi connectivity index (χ0) is 17.8. The topological polar surface area (TPSA) is 60.4 Å². The lowest BCUT2D eigenvalue weighted by atomic mass is 10.0. The zero-order valence-corrected chi connectivity index (χ0v) is 15.5. The minimum atomic E-state index is -4.02. The van der Waals surface area contributed by atoms with E-state index in [1.165, 1.54) is 25.1 Å². The van der Waals surface area contributed by atoms with E-state index in [0.717, 1.165) is 4.47 Å². The highest BCUT2D eigenvalue weighted by atomic mass is 79.9. The molecular weight excluding hydrogens is 392 g/mol. The van der Waals surface area contributed by atoms with Crippen LogP contribution in [0.3, 0.4) is 0 Å². The molecule has 0 heterocycles. The molecule has 6 heteroatoms. The second-order valence-electron chi connectivity index (χ2n) is 5.24. The maximum absolute atomic E-state index is 13.2. The number of sulfone groups is 1. The average molecular weight is 409 g/mol.